The molecule has 37 heavy (non-hydrogen) atoms. The molecule has 0 radical (unpaired) electrons. The van der Waals surface area contributed by atoms with Crippen LogP contribution in [0.1, 0.15) is 18.4 Å². The molecule has 2 amide bonds. The second-order valence-corrected chi connectivity index (χ2v) is 10.5. The number of rotatable bonds is 12. The molecule has 2 N–H and O–H groups in total. The fourth-order valence-electron chi connectivity index (χ4n) is 3.47. The highest BCUT2D eigenvalue weighted by molar-refractivity contribution is 7.92. The largest absolute Gasteiger partial charge is 0.495 e. The number of halogens is 1. The van der Waals surface area contributed by atoms with Gasteiger partial charge in [0.25, 0.3) is 11.8 Å². The molecule has 2 aromatic carbocycles. The molecule has 1 heterocycles. The van der Waals surface area contributed by atoms with Gasteiger partial charge in [0, 0.05) is 18.2 Å². The summed E-state index contributed by atoms with van der Waals surface area (Å²) in [6.45, 7) is 0.546. The van der Waals surface area contributed by atoms with Gasteiger partial charge in [-0.1, -0.05) is 11.6 Å². The second kappa shape index (κ2) is 13.3. The molecule has 0 aromatic heterocycles. The second-order valence-electron chi connectivity index (χ2n) is 8.18. The Morgan fingerprint density at radius 1 is 1.22 bits per heavy atom. The number of hydrazone groups is 1. The summed E-state index contributed by atoms with van der Waals surface area (Å²) in [6.07, 6.45) is 4.38. The number of carbonyl (C=O) groups is 2. The number of benzene rings is 2. The zero-order valence-electron chi connectivity index (χ0n) is 20.5. The summed E-state index contributed by atoms with van der Waals surface area (Å²) in [5.74, 6) is -0.165. The Morgan fingerprint density at radius 3 is 2.62 bits per heavy atom. The first-order chi connectivity index (χ1) is 17.7. The zero-order chi connectivity index (χ0) is 26.8. The summed E-state index contributed by atoms with van der Waals surface area (Å²) in [4.78, 5) is 24.3. The third kappa shape index (κ3) is 8.92. The summed E-state index contributed by atoms with van der Waals surface area (Å²) in [5.41, 5.74) is 3.08. The van der Waals surface area contributed by atoms with E-state index in [0.717, 1.165) is 30.0 Å². The van der Waals surface area contributed by atoms with Crippen LogP contribution in [0.2, 0.25) is 5.02 Å². The van der Waals surface area contributed by atoms with E-state index in [1.54, 1.807) is 30.3 Å². The summed E-state index contributed by atoms with van der Waals surface area (Å²) in [7, 11) is -2.45. The van der Waals surface area contributed by atoms with E-state index in [1.807, 2.05) is 0 Å². The monoisotopic (exact) mass is 552 g/mol. The highest BCUT2D eigenvalue weighted by Gasteiger charge is 2.24. The van der Waals surface area contributed by atoms with E-state index in [4.69, 9.17) is 25.8 Å². The lowest BCUT2D eigenvalue weighted by Crippen LogP contribution is -2.39. The fraction of sp³-hybridized carbons (Fsp3) is 0.375. The maximum Gasteiger partial charge on any atom is 0.260 e. The predicted octanol–water partition coefficient (Wildman–Crippen LogP) is 1.94. The number of nitrogens with zero attached hydrogens (tertiary/aromatic N) is 2. The molecule has 1 aliphatic heterocycles. The topological polar surface area (TPSA) is 136 Å². The van der Waals surface area contributed by atoms with Gasteiger partial charge in [-0.15, -0.1) is 0 Å². The smallest absolute Gasteiger partial charge is 0.260 e. The first-order valence-corrected chi connectivity index (χ1v) is 13.6. The lowest BCUT2D eigenvalue weighted by Gasteiger charge is -2.23. The summed E-state index contributed by atoms with van der Waals surface area (Å²) >= 11 is 6.01. The lowest BCUT2D eigenvalue weighted by atomic mass is 10.2. The van der Waals surface area contributed by atoms with Gasteiger partial charge in [-0.25, -0.2) is 13.8 Å². The Kier molecular flexibility index (Phi) is 10.1. The molecule has 1 fully saturated rings. The molecule has 11 nitrogen and oxygen atoms in total. The highest BCUT2D eigenvalue weighted by Crippen LogP contribution is 2.32. The fourth-order valence-corrected chi connectivity index (χ4v) is 4.48. The van der Waals surface area contributed by atoms with E-state index < -0.39 is 22.5 Å². The van der Waals surface area contributed by atoms with Crippen molar-refractivity contribution in [2.75, 3.05) is 44.0 Å². The lowest BCUT2D eigenvalue weighted by molar-refractivity contribution is -0.123. The molecule has 13 heteroatoms. The number of ether oxygens (including phenoxy) is 3. The SMILES string of the molecule is COc1ccc(Cl)cc1N(CC(=O)N/N=C\c1ccc(OCC(=O)NC[C@H]2CCCO2)cc1)S(C)(=O)=O. The van der Waals surface area contributed by atoms with Gasteiger partial charge in [0.15, 0.2) is 6.61 Å². The van der Waals surface area contributed by atoms with Crippen LogP contribution >= 0.6 is 11.6 Å². The van der Waals surface area contributed by atoms with E-state index >= 15 is 0 Å². The average Bonchev–Trinajstić information content (AvgIpc) is 3.38. The molecule has 2 aromatic rings. The van der Waals surface area contributed by atoms with Crippen LogP contribution in [-0.4, -0.2) is 72.2 Å². The van der Waals surface area contributed by atoms with Gasteiger partial charge >= 0.3 is 0 Å². The molecule has 0 unspecified atom stereocenters. The first kappa shape index (κ1) is 28.2. The van der Waals surface area contributed by atoms with Gasteiger partial charge in [0.05, 0.1) is 31.4 Å². The predicted molar refractivity (Wildman–Crippen MR) is 140 cm³/mol. The molecular formula is C24H29ClN4O7S. The van der Waals surface area contributed by atoms with Crippen molar-refractivity contribution >= 4 is 45.3 Å². The summed E-state index contributed by atoms with van der Waals surface area (Å²) < 4.78 is 41.7. The van der Waals surface area contributed by atoms with Crippen LogP contribution in [0.5, 0.6) is 11.5 Å². The average molecular weight is 553 g/mol. The van der Waals surface area contributed by atoms with E-state index in [2.05, 4.69) is 15.8 Å². The molecule has 1 aliphatic rings. The molecule has 1 atom stereocenters. The highest BCUT2D eigenvalue weighted by atomic mass is 35.5. The van der Waals surface area contributed by atoms with Crippen molar-refractivity contribution in [1.82, 2.24) is 10.7 Å². The van der Waals surface area contributed by atoms with Crippen LogP contribution in [0, 0.1) is 0 Å². The minimum Gasteiger partial charge on any atom is -0.495 e. The third-order valence-corrected chi connectivity index (χ3v) is 6.66. The Labute approximate surface area is 220 Å². The number of carbonyl (C=O) groups excluding carboxylic acids is 2. The molecular weight excluding hydrogens is 524 g/mol. The van der Waals surface area contributed by atoms with Gasteiger partial charge in [0.2, 0.25) is 10.0 Å². The number of methoxy groups -OCH3 is 1. The van der Waals surface area contributed by atoms with Crippen LogP contribution in [0.3, 0.4) is 0 Å². The Hall–Kier alpha value is -3.35. The number of nitrogens with one attached hydrogen (secondary N) is 2. The molecule has 0 spiro atoms. The van der Waals surface area contributed by atoms with Gasteiger partial charge in [-0.2, -0.15) is 5.10 Å². The Bertz CT molecular complexity index is 1220. The van der Waals surface area contributed by atoms with Crippen molar-refractivity contribution in [2.24, 2.45) is 5.10 Å². The zero-order valence-corrected chi connectivity index (χ0v) is 22.0. The number of hydrogen-bond acceptors (Lipinski definition) is 8. The minimum absolute atomic E-state index is 0.0668. The van der Waals surface area contributed by atoms with Crippen LogP contribution in [0.15, 0.2) is 47.6 Å². The standard InChI is InChI=1S/C24H29ClN4O7S/c1-34-22-10-7-18(25)12-21(22)29(37(2,32)33)15-23(30)28-27-13-17-5-8-19(9-6-17)36-16-24(31)26-14-20-4-3-11-35-20/h5-10,12-13,20H,3-4,11,14-16H2,1-2H3,(H,26,31)(H,28,30)/b27-13-/t20-/m1/s1. The molecule has 1 saturated heterocycles. The molecule has 0 bridgehead atoms. The van der Waals surface area contributed by atoms with Crippen LogP contribution in [0.4, 0.5) is 5.69 Å². The summed E-state index contributed by atoms with van der Waals surface area (Å²) in [5, 5.41) is 6.94. The van der Waals surface area contributed by atoms with Crippen molar-refractivity contribution in [2.45, 2.75) is 18.9 Å². The quantitative estimate of drug-likeness (QED) is 0.303. The van der Waals surface area contributed by atoms with Crippen molar-refractivity contribution in [3.05, 3.63) is 53.1 Å². The summed E-state index contributed by atoms with van der Waals surface area (Å²) in [6, 6.07) is 11.2. The van der Waals surface area contributed by atoms with Crippen LogP contribution in [0.25, 0.3) is 0 Å². The first-order valence-electron chi connectivity index (χ1n) is 11.4. The van der Waals surface area contributed by atoms with E-state index in [1.165, 1.54) is 25.5 Å². The van der Waals surface area contributed by atoms with E-state index in [0.29, 0.717) is 17.9 Å². The maximum absolute atomic E-state index is 12.4. The normalized spacial score (nSPS) is 15.4. The maximum atomic E-state index is 12.4. The van der Waals surface area contributed by atoms with Crippen molar-refractivity contribution in [1.29, 1.82) is 0 Å². The van der Waals surface area contributed by atoms with E-state index in [9.17, 15) is 18.0 Å². The molecule has 200 valence electrons. The Balaban J connectivity index is 1.50. The number of amides is 2. The van der Waals surface area contributed by atoms with Gasteiger partial charge in [-0.05, 0) is 60.9 Å². The Morgan fingerprint density at radius 2 is 1.97 bits per heavy atom. The number of anilines is 1. The van der Waals surface area contributed by atoms with Crippen molar-refractivity contribution in [3.63, 3.8) is 0 Å². The minimum atomic E-state index is -3.83. The third-order valence-electron chi connectivity index (χ3n) is 5.30. The van der Waals surface area contributed by atoms with E-state index in [-0.39, 0.29) is 35.1 Å². The number of hydrogen-bond donors (Lipinski definition) is 2. The van der Waals surface area contributed by atoms with Gasteiger partial charge < -0.3 is 19.5 Å². The molecule has 3 rings (SSSR count). The molecule has 0 saturated carbocycles. The van der Waals surface area contributed by atoms with Crippen LogP contribution in [-0.2, 0) is 24.3 Å². The van der Waals surface area contributed by atoms with Crippen molar-refractivity contribution in [3.8, 4) is 11.5 Å². The van der Waals surface area contributed by atoms with Crippen LogP contribution < -0.4 is 24.5 Å². The molecule has 0 aliphatic carbocycles. The number of sulfonamides is 1. The van der Waals surface area contributed by atoms with Gasteiger partial charge in [-0.3, -0.25) is 13.9 Å². The van der Waals surface area contributed by atoms with Crippen molar-refractivity contribution < 1.29 is 32.2 Å². The van der Waals surface area contributed by atoms with Gasteiger partial charge in [0.1, 0.15) is 18.0 Å².